The molecule has 0 aliphatic rings. The van der Waals surface area contributed by atoms with E-state index in [1.54, 1.807) is 19.2 Å². The minimum absolute atomic E-state index is 0.0622. The minimum Gasteiger partial charge on any atom is -0.460 e. The van der Waals surface area contributed by atoms with Gasteiger partial charge in [0.1, 0.15) is 5.56 Å². The van der Waals surface area contributed by atoms with E-state index < -0.39 is 11.7 Å². The van der Waals surface area contributed by atoms with Crippen molar-refractivity contribution in [2.75, 3.05) is 11.9 Å². The molecule has 0 radical (unpaired) electrons. The highest BCUT2D eigenvalue weighted by Gasteiger charge is 2.37. The number of hydrogen-bond donors (Lipinski definition) is 0. The van der Waals surface area contributed by atoms with Gasteiger partial charge in [0.05, 0.1) is 6.10 Å². The number of ether oxygens (including phenoxy) is 1. The van der Waals surface area contributed by atoms with Gasteiger partial charge < -0.3 is 9.64 Å². The lowest BCUT2D eigenvalue weighted by Crippen LogP contribution is -2.21. The van der Waals surface area contributed by atoms with E-state index in [1.165, 1.54) is 4.90 Å². The molecule has 7 heteroatoms. The number of hydrogen-bond acceptors (Lipinski definition) is 4. The van der Waals surface area contributed by atoms with Gasteiger partial charge in [-0.3, -0.25) is 0 Å². The third kappa shape index (κ3) is 3.96. The smallest absolute Gasteiger partial charge is 0.421 e. The number of alkyl halides is 3. The average Bonchev–Trinajstić information content (AvgIpc) is 2.53. The largest absolute Gasteiger partial charge is 0.460 e. The summed E-state index contributed by atoms with van der Waals surface area (Å²) in [6.45, 7) is 5.55. The molecule has 0 saturated carbocycles. The Morgan fingerprint density at radius 1 is 1.25 bits per heavy atom. The number of rotatable bonds is 5. The molecule has 0 aliphatic heterocycles. The van der Waals surface area contributed by atoms with Crippen molar-refractivity contribution in [2.45, 2.75) is 39.5 Å². The highest BCUT2D eigenvalue weighted by atomic mass is 19.4. The second kappa shape index (κ2) is 7.07. The number of aromatic nitrogens is 2. The number of benzene rings is 1. The Morgan fingerprint density at radius 3 is 2.50 bits per heavy atom. The lowest BCUT2D eigenvalue weighted by molar-refractivity contribution is -0.137. The van der Waals surface area contributed by atoms with Crippen molar-refractivity contribution < 1.29 is 17.9 Å². The van der Waals surface area contributed by atoms with Crippen LogP contribution in [0.25, 0.3) is 0 Å². The van der Waals surface area contributed by atoms with Gasteiger partial charge in [-0.2, -0.15) is 18.2 Å². The molecule has 130 valence electrons. The lowest BCUT2D eigenvalue weighted by Gasteiger charge is -2.24. The van der Waals surface area contributed by atoms with Crippen molar-refractivity contribution in [1.82, 2.24) is 9.97 Å². The molecule has 0 fully saturated rings. The van der Waals surface area contributed by atoms with Crippen molar-refractivity contribution in [2.24, 2.45) is 0 Å². The summed E-state index contributed by atoms with van der Waals surface area (Å²) in [6, 6.07) is 7.11. The minimum atomic E-state index is -4.55. The van der Waals surface area contributed by atoms with Crippen LogP contribution in [-0.4, -0.2) is 23.1 Å². The van der Waals surface area contributed by atoms with Crippen LogP contribution in [-0.2, 0) is 6.18 Å². The predicted octanol–water partition coefficient (Wildman–Crippen LogP) is 4.75. The molecule has 2 aromatic rings. The van der Waals surface area contributed by atoms with E-state index in [0.717, 1.165) is 11.8 Å². The fourth-order valence-corrected chi connectivity index (χ4v) is 2.19. The Bertz CT molecular complexity index is 704. The maximum absolute atomic E-state index is 13.3. The van der Waals surface area contributed by atoms with Gasteiger partial charge in [-0.1, -0.05) is 25.1 Å². The van der Waals surface area contributed by atoms with Gasteiger partial charge in [0.2, 0.25) is 0 Å². The average molecular weight is 339 g/mol. The van der Waals surface area contributed by atoms with E-state index in [2.05, 4.69) is 9.97 Å². The molecule has 0 bridgehead atoms. The fourth-order valence-electron chi connectivity index (χ4n) is 2.19. The second-order valence-electron chi connectivity index (χ2n) is 5.57. The standard InChI is InChI=1S/C17H20F3N3O/c1-5-12(3)24-16-21-10-13(17(18,19)20)15(22-16)23(4)14-9-7-6-8-11(14)2/h6-10,12H,5H2,1-4H3. The lowest BCUT2D eigenvalue weighted by atomic mass is 10.1. The van der Waals surface area contributed by atoms with Crippen LogP contribution >= 0.6 is 0 Å². The summed E-state index contributed by atoms with van der Waals surface area (Å²) >= 11 is 0. The SMILES string of the molecule is CCC(C)Oc1ncc(C(F)(F)F)c(N(C)c2ccccc2C)n1. The fraction of sp³-hybridized carbons (Fsp3) is 0.412. The molecule has 1 heterocycles. The summed E-state index contributed by atoms with van der Waals surface area (Å²) in [6.07, 6.45) is -3.26. The third-order valence-corrected chi connectivity index (χ3v) is 3.73. The van der Waals surface area contributed by atoms with Crippen LogP contribution in [0.15, 0.2) is 30.5 Å². The zero-order chi connectivity index (χ0) is 17.9. The monoisotopic (exact) mass is 339 g/mol. The first-order valence-electron chi connectivity index (χ1n) is 7.64. The quantitative estimate of drug-likeness (QED) is 0.788. The molecule has 0 aliphatic carbocycles. The third-order valence-electron chi connectivity index (χ3n) is 3.73. The normalized spacial score (nSPS) is 12.8. The number of aryl methyl sites for hydroxylation is 1. The van der Waals surface area contributed by atoms with Gasteiger partial charge in [0.25, 0.3) is 0 Å². The highest BCUT2D eigenvalue weighted by Crippen LogP contribution is 2.38. The van der Waals surface area contributed by atoms with E-state index >= 15 is 0 Å². The Hall–Kier alpha value is -2.31. The van der Waals surface area contributed by atoms with E-state index in [0.29, 0.717) is 12.1 Å². The van der Waals surface area contributed by atoms with Crippen molar-refractivity contribution in [3.8, 4) is 6.01 Å². The first-order chi connectivity index (χ1) is 11.2. The zero-order valence-corrected chi connectivity index (χ0v) is 14.1. The summed E-state index contributed by atoms with van der Waals surface area (Å²) in [5.41, 5.74) is 0.581. The Balaban J connectivity index is 2.51. The zero-order valence-electron chi connectivity index (χ0n) is 14.1. The van der Waals surface area contributed by atoms with Gasteiger partial charge in [-0.05, 0) is 31.9 Å². The van der Waals surface area contributed by atoms with Gasteiger partial charge in [0.15, 0.2) is 5.82 Å². The van der Waals surface area contributed by atoms with E-state index in [9.17, 15) is 13.2 Å². The molecule has 0 spiro atoms. The van der Waals surface area contributed by atoms with E-state index in [-0.39, 0.29) is 17.9 Å². The number of nitrogens with zero attached hydrogens (tertiary/aromatic N) is 3. The number of para-hydroxylation sites is 1. The van der Waals surface area contributed by atoms with Crippen molar-refractivity contribution in [3.05, 3.63) is 41.6 Å². The molecule has 0 N–H and O–H groups in total. The predicted molar refractivity (Wildman–Crippen MR) is 86.7 cm³/mol. The van der Waals surface area contributed by atoms with Crippen LogP contribution in [0.4, 0.5) is 24.7 Å². The molecule has 1 aromatic heterocycles. The van der Waals surface area contributed by atoms with Crippen molar-refractivity contribution >= 4 is 11.5 Å². The Labute approximate surface area is 139 Å². The molecule has 0 saturated heterocycles. The maximum Gasteiger partial charge on any atom is 0.421 e. The van der Waals surface area contributed by atoms with E-state index in [4.69, 9.17) is 4.74 Å². The molecule has 24 heavy (non-hydrogen) atoms. The number of anilines is 2. The Kier molecular flexibility index (Phi) is 5.31. The molecule has 1 atom stereocenters. The van der Waals surface area contributed by atoms with Crippen molar-refractivity contribution in [3.63, 3.8) is 0 Å². The summed E-state index contributed by atoms with van der Waals surface area (Å²) in [7, 11) is 1.55. The molecule has 0 amide bonds. The number of halogens is 3. The first-order valence-corrected chi connectivity index (χ1v) is 7.64. The van der Waals surface area contributed by atoms with Gasteiger partial charge in [-0.25, -0.2) is 4.98 Å². The van der Waals surface area contributed by atoms with Gasteiger partial charge in [0, 0.05) is 18.9 Å². The van der Waals surface area contributed by atoms with Crippen LogP contribution in [0.5, 0.6) is 6.01 Å². The van der Waals surface area contributed by atoms with Crippen LogP contribution in [0.3, 0.4) is 0 Å². The maximum atomic E-state index is 13.3. The molecular formula is C17H20F3N3O. The first kappa shape index (κ1) is 18.0. The topological polar surface area (TPSA) is 38.2 Å². The summed E-state index contributed by atoms with van der Waals surface area (Å²) in [4.78, 5) is 9.14. The van der Waals surface area contributed by atoms with E-state index in [1.807, 2.05) is 32.9 Å². The molecule has 2 rings (SSSR count). The van der Waals surface area contributed by atoms with Crippen LogP contribution in [0.2, 0.25) is 0 Å². The van der Waals surface area contributed by atoms with Crippen molar-refractivity contribution in [1.29, 1.82) is 0 Å². The summed E-state index contributed by atoms with van der Waals surface area (Å²) < 4.78 is 45.5. The highest BCUT2D eigenvalue weighted by molar-refractivity contribution is 5.65. The molecule has 4 nitrogen and oxygen atoms in total. The van der Waals surface area contributed by atoms with Crippen LogP contribution in [0.1, 0.15) is 31.4 Å². The molecule has 1 unspecified atom stereocenters. The van der Waals surface area contributed by atoms with Crippen LogP contribution < -0.4 is 9.64 Å². The van der Waals surface area contributed by atoms with Gasteiger partial charge in [-0.15, -0.1) is 0 Å². The summed E-state index contributed by atoms with van der Waals surface area (Å²) in [5.74, 6) is -0.231. The summed E-state index contributed by atoms with van der Waals surface area (Å²) in [5, 5.41) is 0. The van der Waals surface area contributed by atoms with Crippen LogP contribution in [0, 0.1) is 6.92 Å². The Morgan fingerprint density at radius 2 is 1.92 bits per heavy atom. The van der Waals surface area contributed by atoms with Gasteiger partial charge >= 0.3 is 12.2 Å². The second-order valence-corrected chi connectivity index (χ2v) is 5.57. The molecule has 1 aromatic carbocycles. The molecular weight excluding hydrogens is 319 g/mol.